The predicted octanol–water partition coefficient (Wildman–Crippen LogP) is 4.61. The number of carbonyl (C=O) groups excluding carboxylic acids is 5. The molecule has 0 unspecified atom stereocenters. The van der Waals surface area contributed by atoms with Gasteiger partial charge in [-0.25, -0.2) is 4.79 Å². The molecule has 4 aromatic carbocycles. The van der Waals surface area contributed by atoms with Crippen LogP contribution in [0.5, 0.6) is 0 Å². The number of amides is 6. The molecule has 27 nitrogen and oxygen atoms in total. The van der Waals surface area contributed by atoms with Gasteiger partial charge in [-0.1, -0.05) is 12.1 Å². The number of hydrogen-bond donors (Lipinski definition) is 10. The summed E-state index contributed by atoms with van der Waals surface area (Å²) in [4.78, 5) is 63.4. The second-order valence-corrected chi connectivity index (χ2v) is 22.5. The van der Waals surface area contributed by atoms with Crippen LogP contribution in [0.15, 0.2) is 129 Å². The Morgan fingerprint density at radius 2 is 0.636 bits per heavy atom. The average Bonchev–Trinajstić information content (AvgIpc) is 4.08. The van der Waals surface area contributed by atoms with Crippen LogP contribution < -0.4 is 31.9 Å². The molecule has 0 atom stereocenters. The predicted molar refractivity (Wildman–Crippen MR) is 279 cm³/mol. The van der Waals surface area contributed by atoms with E-state index in [0.29, 0.717) is 12.1 Å². The molecule has 0 saturated carbocycles. The Hall–Kier alpha value is -7.05. The van der Waals surface area contributed by atoms with Gasteiger partial charge in [-0.15, -0.1) is 0 Å². The quantitative estimate of drug-likeness (QED) is 0.0525. The summed E-state index contributed by atoms with van der Waals surface area (Å²) in [6, 6.07) is 15.3. The Balaban J connectivity index is 0.00000861. The molecule has 0 saturated heterocycles. The molecule has 397 valence electrons. The molecule has 0 aliphatic heterocycles. The van der Waals surface area contributed by atoms with Crippen molar-refractivity contribution in [2.75, 3.05) is 31.9 Å². The first-order valence-corrected chi connectivity index (χ1v) is 27.1. The summed E-state index contributed by atoms with van der Waals surface area (Å²) in [5.41, 5.74) is 1.05. The van der Waals surface area contributed by atoms with Crippen molar-refractivity contribution in [3.63, 3.8) is 0 Å². The van der Waals surface area contributed by atoms with Crippen molar-refractivity contribution in [1.82, 2.24) is 18.3 Å². The van der Waals surface area contributed by atoms with Gasteiger partial charge in [0.1, 0.15) is 32.6 Å². The van der Waals surface area contributed by atoms with Gasteiger partial charge >= 0.3 is 6.03 Å². The van der Waals surface area contributed by atoms with Crippen molar-refractivity contribution in [2.24, 2.45) is 28.2 Å². The van der Waals surface area contributed by atoms with Gasteiger partial charge in [0.15, 0.2) is 0 Å². The van der Waals surface area contributed by atoms with Gasteiger partial charge in [-0.3, -0.25) is 37.4 Å². The van der Waals surface area contributed by atoms with Crippen LogP contribution in [0.25, 0.3) is 21.5 Å². The summed E-state index contributed by atoms with van der Waals surface area (Å²) >= 11 is 0. The number of nitrogens with one attached hydrogen (secondary N) is 6. The number of aryl methyl sites for hydroxylation is 4. The molecule has 4 heterocycles. The summed E-state index contributed by atoms with van der Waals surface area (Å²) in [6.07, 6.45) is 5.76. The van der Waals surface area contributed by atoms with Gasteiger partial charge in [0.05, 0.1) is 32.5 Å². The Morgan fingerprint density at radius 1 is 0.364 bits per heavy atom. The number of nitrogens with zero attached hydrogens (tertiary/aromatic N) is 4. The largest absolute Gasteiger partial charge is 0.344 e. The van der Waals surface area contributed by atoms with Gasteiger partial charge in [-0.2, -0.15) is 33.7 Å². The second kappa shape index (κ2) is 21.4. The van der Waals surface area contributed by atoms with E-state index in [2.05, 4.69) is 31.9 Å². The van der Waals surface area contributed by atoms with Crippen LogP contribution in [-0.4, -0.2) is 151 Å². The molecular formula is C45H40KN10O17S4. The molecule has 6 amide bonds. The van der Waals surface area contributed by atoms with Crippen LogP contribution in [0.1, 0.15) is 42.0 Å². The van der Waals surface area contributed by atoms with Gasteiger partial charge in [-0.05, 0) is 83.6 Å². The molecule has 0 bridgehead atoms. The van der Waals surface area contributed by atoms with E-state index in [1.165, 1.54) is 132 Å². The van der Waals surface area contributed by atoms with Crippen LogP contribution in [0.4, 0.5) is 38.9 Å². The molecule has 8 aromatic rings. The first kappa shape index (κ1) is 57.6. The third kappa shape index (κ3) is 12.9. The van der Waals surface area contributed by atoms with E-state index in [9.17, 15) is 75.9 Å². The van der Waals surface area contributed by atoms with Crippen molar-refractivity contribution in [3.8, 4) is 0 Å². The van der Waals surface area contributed by atoms with Gasteiger partial charge in [0, 0.05) is 127 Å². The van der Waals surface area contributed by atoms with Gasteiger partial charge in [0.25, 0.3) is 64.1 Å². The number of aromatic nitrogens is 4. The van der Waals surface area contributed by atoms with Crippen molar-refractivity contribution in [3.05, 3.63) is 132 Å². The maximum atomic E-state index is 13.4. The molecule has 0 spiro atoms. The number of urea groups is 1. The van der Waals surface area contributed by atoms with Crippen LogP contribution in [0.3, 0.4) is 0 Å². The summed E-state index contributed by atoms with van der Waals surface area (Å²) in [6.45, 7) is 0. The Morgan fingerprint density at radius 3 is 0.909 bits per heavy atom. The third-order valence-corrected chi connectivity index (χ3v) is 14.9. The van der Waals surface area contributed by atoms with Crippen LogP contribution >= 0.6 is 0 Å². The normalized spacial score (nSPS) is 11.9. The van der Waals surface area contributed by atoms with E-state index in [1.807, 2.05) is 0 Å². The maximum absolute atomic E-state index is 13.4. The monoisotopic (exact) mass is 1160 g/mol. The minimum Gasteiger partial charge on any atom is -0.344 e. The summed E-state index contributed by atoms with van der Waals surface area (Å²) < 4.78 is 139. The standard InChI is InChI=1S/C45H40N10O17S4.K/c1-52-19-27(13-35(52)41(56)46-25-7-5-23-9-31(73(61,62)63)17-39(33(23)11-25)75(67,68)69)48-43(58)37-15-29(21-54(37)3)50-45(60)51-30-16-38(55(4)22-30)44(59)49-28-14-36(53(2)20-28)42(57)47-26-8-6-24-10-32(74(64,65)66)18-40(34(24)12-26)76(70,71)72;/h5-22H,1-4H3,(H,46,56)(H,47,57)(H,48,58)(H,49,59)(H2,50,51,60)(H,61,62,63)(H,64,65,66)(H,67,68,69)(H,70,71,72);. The Labute approximate surface area is 479 Å². The average molecular weight is 1160 g/mol. The fourth-order valence-electron chi connectivity index (χ4n) is 7.98. The molecular weight excluding hydrogens is 1120 g/mol. The van der Waals surface area contributed by atoms with Gasteiger partial charge < -0.3 is 50.2 Å². The molecule has 77 heavy (non-hydrogen) atoms. The Kier molecular flexibility index (Phi) is 16.0. The summed E-state index contributed by atoms with van der Waals surface area (Å²) in [7, 11) is -13.6. The van der Waals surface area contributed by atoms with E-state index in [0.717, 1.165) is 12.1 Å². The number of rotatable bonds is 14. The topological polar surface area (TPSA) is 395 Å². The van der Waals surface area contributed by atoms with Crippen LogP contribution in [0, 0.1) is 0 Å². The molecule has 4 aromatic heterocycles. The van der Waals surface area contributed by atoms with Crippen molar-refractivity contribution < 1.29 is 75.9 Å². The number of hydrogen-bond acceptors (Lipinski definition) is 13. The van der Waals surface area contributed by atoms with Crippen molar-refractivity contribution in [2.45, 2.75) is 19.6 Å². The zero-order chi connectivity index (χ0) is 55.6. The SMILES string of the molecule is Cn1cc(NC(=O)Nc2cc(C(=O)Nc3cc(C(=O)Nc4ccc5cc(S(=O)(=O)O)cc(S(=O)(=O)O)c5c4)n(C)c3)n(C)c2)cc1C(=O)Nc1cc(C(=O)Nc2ccc3cc(S(=O)(=O)O)cc(S(=O)(=O)O)c3c2)n(C)c1.[K]. The van der Waals surface area contributed by atoms with E-state index in [1.54, 1.807) is 0 Å². The van der Waals surface area contributed by atoms with Crippen molar-refractivity contribution >= 4 is 177 Å². The van der Waals surface area contributed by atoms with Crippen molar-refractivity contribution in [1.29, 1.82) is 0 Å². The fourth-order valence-corrected chi connectivity index (χ4v) is 10.7. The Bertz CT molecular complexity index is 4030. The van der Waals surface area contributed by atoms with E-state index < -0.39 is 89.7 Å². The third-order valence-electron chi connectivity index (χ3n) is 11.4. The van der Waals surface area contributed by atoms with E-state index >= 15 is 0 Å². The second-order valence-electron chi connectivity index (χ2n) is 16.9. The minimum absolute atomic E-state index is 0. The van der Waals surface area contributed by atoms with E-state index in [4.69, 9.17) is 0 Å². The van der Waals surface area contributed by atoms with E-state index in [-0.39, 0.29) is 130 Å². The molecule has 10 N–H and O–H groups in total. The van der Waals surface area contributed by atoms with Gasteiger partial charge in [0.2, 0.25) is 0 Å². The summed E-state index contributed by atoms with van der Waals surface area (Å²) in [5, 5.41) is 15.4. The molecule has 0 aliphatic carbocycles. The first-order chi connectivity index (χ1) is 35.3. The summed E-state index contributed by atoms with van der Waals surface area (Å²) in [5.74, 6) is -2.70. The fraction of sp³-hybridized carbons (Fsp3) is 0.0889. The zero-order valence-electron chi connectivity index (χ0n) is 40.4. The molecule has 0 aliphatic rings. The first-order valence-electron chi connectivity index (χ1n) is 21.4. The molecule has 1 radical (unpaired) electrons. The number of benzene rings is 4. The van der Waals surface area contributed by atoms with Crippen LogP contribution in [-0.2, 0) is 68.7 Å². The minimum atomic E-state index is -5.00. The smallest absolute Gasteiger partial charge is 0.323 e. The number of carbonyl (C=O) groups is 5. The number of anilines is 6. The van der Waals surface area contributed by atoms with Crippen LogP contribution in [0.2, 0.25) is 0 Å². The number of fused-ring (bicyclic) bond motifs is 2. The zero-order valence-corrected chi connectivity index (χ0v) is 46.8. The maximum Gasteiger partial charge on any atom is 0.323 e. The molecule has 0 fully saturated rings. The molecule has 8 rings (SSSR count). The molecule has 32 heteroatoms.